The average molecular weight is 150 g/mol. The minimum Gasteiger partial charge on any atom is -0.394 e. The van der Waals surface area contributed by atoms with Gasteiger partial charge in [0.1, 0.15) is 0 Å². The van der Waals surface area contributed by atoms with Gasteiger partial charge in [0, 0.05) is 0 Å². The first kappa shape index (κ1) is 9.35. The van der Waals surface area contributed by atoms with Crippen molar-refractivity contribution in [2.75, 3.05) is 19.8 Å². The number of ether oxygens (including phenoxy) is 1. The van der Waals surface area contributed by atoms with Gasteiger partial charge in [0.15, 0.2) is 0 Å². The Morgan fingerprint density at radius 1 is 1.40 bits per heavy atom. The molecule has 2 N–H and O–H groups in total. The Kier molecular flexibility index (Phi) is 6.05. The molecule has 60 valence electrons. The molecular weight excluding hydrogens is 140 g/mol. The molecule has 0 aliphatic rings. The van der Waals surface area contributed by atoms with Crippen LogP contribution in [0.5, 0.6) is 0 Å². The molecule has 0 fully saturated rings. The Balaban J connectivity index is 2.96. The van der Waals surface area contributed by atoms with E-state index in [0.717, 1.165) is 0 Å². The number of carbonyl (C=O) groups is 1. The highest BCUT2D eigenvalue weighted by Gasteiger charge is 1.99. The third-order valence-electron chi connectivity index (χ3n) is 0.788. The topological polar surface area (TPSA) is 76.0 Å². The smallest absolute Gasteiger partial charge is 0.344 e. The molecule has 0 radical (unpaired) electrons. The Hall–Kier alpha value is -0.650. The lowest BCUT2D eigenvalue weighted by atomic mass is 10.5. The Bertz CT molecular complexity index is 92.0. The zero-order valence-electron chi connectivity index (χ0n) is 5.45. The molecule has 0 rings (SSSR count). The van der Waals surface area contributed by atoms with E-state index in [1.54, 1.807) is 0 Å². The largest absolute Gasteiger partial charge is 0.394 e. The van der Waals surface area contributed by atoms with E-state index in [2.05, 4.69) is 4.89 Å². The normalized spacial score (nSPS) is 9.40. The van der Waals surface area contributed by atoms with Crippen molar-refractivity contribution in [2.24, 2.45) is 0 Å². The molecule has 5 heteroatoms. The third kappa shape index (κ3) is 5.49. The maximum absolute atomic E-state index is 10.2. The molecule has 0 atom stereocenters. The Morgan fingerprint density at radius 3 is 2.60 bits per heavy atom. The molecule has 0 spiro atoms. The van der Waals surface area contributed by atoms with Crippen molar-refractivity contribution in [1.29, 1.82) is 0 Å². The van der Waals surface area contributed by atoms with Crippen LogP contribution in [-0.4, -0.2) is 36.2 Å². The van der Waals surface area contributed by atoms with E-state index in [1.165, 1.54) is 0 Å². The fourth-order valence-corrected chi connectivity index (χ4v) is 0.368. The first-order valence-electron chi connectivity index (χ1n) is 2.84. The van der Waals surface area contributed by atoms with Crippen molar-refractivity contribution in [3.8, 4) is 0 Å². The predicted molar refractivity (Wildman–Crippen MR) is 31.2 cm³/mol. The molecule has 0 aromatic rings. The number of rotatable bonds is 5. The van der Waals surface area contributed by atoms with E-state index in [9.17, 15) is 4.79 Å². The van der Waals surface area contributed by atoms with Crippen LogP contribution in [0.1, 0.15) is 6.42 Å². The summed E-state index contributed by atoms with van der Waals surface area (Å²) in [5.74, 6) is -0.738. The van der Waals surface area contributed by atoms with Crippen LogP contribution in [0.2, 0.25) is 0 Å². The van der Waals surface area contributed by atoms with E-state index >= 15 is 0 Å². The number of aliphatic hydroxyl groups excluding tert-OH is 1. The summed E-state index contributed by atoms with van der Waals surface area (Å²) in [4.78, 5) is 13.5. The zero-order valence-corrected chi connectivity index (χ0v) is 5.45. The lowest BCUT2D eigenvalue weighted by Gasteiger charge is -1.98. The van der Waals surface area contributed by atoms with Gasteiger partial charge in [-0.15, -0.1) is 0 Å². The molecule has 0 aliphatic heterocycles. The van der Waals surface area contributed by atoms with Crippen molar-refractivity contribution >= 4 is 5.97 Å². The van der Waals surface area contributed by atoms with Crippen molar-refractivity contribution < 1.29 is 24.8 Å². The van der Waals surface area contributed by atoms with Gasteiger partial charge >= 0.3 is 5.97 Å². The summed E-state index contributed by atoms with van der Waals surface area (Å²) in [6, 6.07) is 0. The fourth-order valence-electron chi connectivity index (χ4n) is 0.368. The summed E-state index contributed by atoms with van der Waals surface area (Å²) in [6.45, 7) is 0.271. The van der Waals surface area contributed by atoms with Gasteiger partial charge in [-0.1, -0.05) is 0 Å². The van der Waals surface area contributed by atoms with Crippen LogP contribution in [-0.2, 0) is 14.4 Å². The summed E-state index contributed by atoms with van der Waals surface area (Å²) >= 11 is 0. The predicted octanol–water partition coefficient (Wildman–Crippen LogP) is -0.598. The standard InChI is InChI=1S/C5H10O5/c6-2-4-9-3-1-5(7)10-8/h6,8H,1-4H2. The molecule has 0 aromatic carbocycles. The van der Waals surface area contributed by atoms with Crippen molar-refractivity contribution in [3.05, 3.63) is 0 Å². The minimum absolute atomic E-state index is 0.00347. The highest BCUT2D eigenvalue weighted by atomic mass is 17.1. The highest BCUT2D eigenvalue weighted by Crippen LogP contribution is 1.84. The van der Waals surface area contributed by atoms with Gasteiger partial charge in [0.05, 0.1) is 26.2 Å². The van der Waals surface area contributed by atoms with Crippen LogP contribution >= 0.6 is 0 Å². The van der Waals surface area contributed by atoms with E-state index in [4.69, 9.17) is 15.1 Å². The number of aliphatic hydroxyl groups is 1. The first-order valence-corrected chi connectivity index (χ1v) is 2.84. The van der Waals surface area contributed by atoms with Crippen LogP contribution in [0.25, 0.3) is 0 Å². The van der Waals surface area contributed by atoms with E-state index in [1.807, 2.05) is 0 Å². The maximum atomic E-state index is 10.2. The van der Waals surface area contributed by atoms with Crippen LogP contribution in [0.4, 0.5) is 0 Å². The van der Waals surface area contributed by atoms with E-state index < -0.39 is 5.97 Å². The van der Waals surface area contributed by atoms with Gasteiger partial charge in [-0.3, -0.25) is 0 Å². The molecule has 0 amide bonds. The summed E-state index contributed by atoms with van der Waals surface area (Å²) in [7, 11) is 0. The summed E-state index contributed by atoms with van der Waals surface area (Å²) in [5.41, 5.74) is 0. The van der Waals surface area contributed by atoms with Gasteiger partial charge in [0.25, 0.3) is 0 Å². The molecular formula is C5H10O5. The first-order chi connectivity index (χ1) is 4.81. The summed E-state index contributed by atoms with van der Waals surface area (Å²) in [5, 5.41) is 15.9. The number of hydrogen-bond acceptors (Lipinski definition) is 5. The van der Waals surface area contributed by atoms with E-state index in [0.29, 0.717) is 0 Å². The molecule has 0 aliphatic carbocycles. The highest BCUT2D eigenvalue weighted by molar-refractivity contribution is 5.68. The van der Waals surface area contributed by atoms with Crippen LogP contribution in [0.3, 0.4) is 0 Å². The molecule has 5 nitrogen and oxygen atoms in total. The molecule has 0 bridgehead atoms. The van der Waals surface area contributed by atoms with E-state index in [-0.39, 0.29) is 26.2 Å². The molecule has 0 aromatic heterocycles. The van der Waals surface area contributed by atoms with Crippen molar-refractivity contribution in [2.45, 2.75) is 6.42 Å². The monoisotopic (exact) mass is 150 g/mol. The van der Waals surface area contributed by atoms with Crippen molar-refractivity contribution in [3.63, 3.8) is 0 Å². The third-order valence-corrected chi connectivity index (χ3v) is 0.788. The molecule has 10 heavy (non-hydrogen) atoms. The van der Waals surface area contributed by atoms with Gasteiger partial charge < -0.3 is 14.7 Å². The average Bonchev–Trinajstić information content (AvgIpc) is 1.98. The van der Waals surface area contributed by atoms with Gasteiger partial charge in [-0.05, 0) is 0 Å². The second-order valence-corrected chi connectivity index (χ2v) is 1.55. The quantitative estimate of drug-likeness (QED) is 0.311. The minimum atomic E-state index is -0.738. The molecule has 0 saturated heterocycles. The maximum Gasteiger partial charge on any atom is 0.344 e. The number of carbonyl (C=O) groups excluding carboxylic acids is 1. The Morgan fingerprint density at radius 2 is 2.10 bits per heavy atom. The molecule has 0 unspecified atom stereocenters. The lowest BCUT2D eigenvalue weighted by Crippen LogP contribution is -2.07. The second-order valence-electron chi connectivity index (χ2n) is 1.55. The van der Waals surface area contributed by atoms with Crippen molar-refractivity contribution in [1.82, 2.24) is 0 Å². The summed E-state index contributed by atoms with van der Waals surface area (Å²) in [6.07, 6.45) is -0.00347. The molecule has 0 heterocycles. The SMILES string of the molecule is O=C(CCOCCO)OO. The van der Waals surface area contributed by atoms with Crippen LogP contribution in [0, 0.1) is 0 Å². The Labute approximate surface area is 58.1 Å². The fraction of sp³-hybridized carbons (Fsp3) is 0.800. The second kappa shape index (κ2) is 6.47. The lowest BCUT2D eigenvalue weighted by molar-refractivity contribution is -0.235. The van der Waals surface area contributed by atoms with Gasteiger partial charge in [-0.2, -0.15) is 5.26 Å². The number of hydrogen-bond donors (Lipinski definition) is 2. The zero-order chi connectivity index (χ0) is 7.82. The van der Waals surface area contributed by atoms with Gasteiger partial charge in [-0.25, -0.2) is 4.79 Å². The van der Waals surface area contributed by atoms with Crippen LogP contribution < -0.4 is 0 Å². The van der Waals surface area contributed by atoms with Crippen LogP contribution in [0.15, 0.2) is 0 Å². The van der Waals surface area contributed by atoms with Gasteiger partial charge in [0.2, 0.25) is 0 Å². The molecule has 0 saturated carbocycles. The summed E-state index contributed by atoms with van der Waals surface area (Å²) < 4.78 is 4.69.